The Labute approximate surface area is 184 Å². The van der Waals surface area contributed by atoms with E-state index < -0.39 is 5.97 Å². The second kappa shape index (κ2) is 8.98. The van der Waals surface area contributed by atoms with E-state index in [0.29, 0.717) is 66.5 Å². The molecule has 3 rings (SSSR count). The summed E-state index contributed by atoms with van der Waals surface area (Å²) in [6.45, 7) is 3.85. The van der Waals surface area contributed by atoms with E-state index in [1.54, 1.807) is 12.1 Å². The summed E-state index contributed by atoms with van der Waals surface area (Å²) in [6.07, 6.45) is 2.32. The zero-order chi connectivity index (χ0) is 21.1. The topological polar surface area (TPSA) is 97.0 Å². The van der Waals surface area contributed by atoms with Crippen LogP contribution in [0, 0.1) is 0 Å². The molecule has 7 heteroatoms. The predicted molar refractivity (Wildman–Crippen MR) is 109 cm³/mol. The number of phenolic OH excluding ortho intramolecular Hbond substituents is 2. The van der Waals surface area contributed by atoms with Crippen molar-refractivity contribution in [2.75, 3.05) is 0 Å². The molecular weight excluding hydrogens is 565 g/mol. The molecule has 3 aromatic rings. The van der Waals surface area contributed by atoms with Crippen molar-refractivity contribution in [1.82, 2.24) is 0 Å². The van der Waals surface area contributed by atoms with Crippen molar-refractivity contribution >= 4 is 51.6 Å². The summed E-state index contributed by atoms with van der Waals surface area (Å²) in [5, 5.41) is 20.6. The first-order valence-corrected chi connectivity index (χ1v) is 11.7. The van der Waals surface area contributed by atoms with Crippen LogP contribution in [0.3, 0.4) is 0 Å². The van der Waals surface area contributed by atoms with Crippen molar-refractivity contribution in [2.45, 2.75) is 39.5 Å². The van der Waals surface area contributed by atoms with E-state index in [2.05, 4.69) is 0 Å². The van der Waals surface area contributed by atoms with Crippen molar-refractivity contribution in [3.05, 3.63) is 47.2 Å². The molecule has 29 heavy (non-hydrogen) atoms. The van der Waals surface area contributed by atoms with Gasteiger partial charge in [-0.1, -0.05) is 13.3 Å². The number of ether oxygens (including phenoxy) is 1. The van der Waals surface area contributed by atoms with Crippen molar-refractivity contribution in [1.29, 1.82) is 0 Å². The molecule has 0 saturated carbocycles. The van der Waals surface area contributed by atoms with Gasteiger partial charge in [0, 0.05) is 0 Å². The molecule has 1 aromatic heterocycles. The van der Waals surface area contributed by atoms with Crippen LogP contribution in [0.15, 0.2) is 34.7 Å². The van der Waals surface area contributed by atoms with Gasteiger partial charge in [0.25, 0.3) is 0 Å². The molecule has 0 atom stereocenters. The number of carbonyl (C=O) groups is 2. The first kappa shape index (κ1) is 21.4. The number of phenols is 2. The van der Waals surface area contributed by atoms with Crippen LogP contribution in [0.5, 0.6) is 17.2 Å². The Hall–Kier alpha value is -2.36. The average Bonchev–Trinajstić information content (AvgIpc) is 3.05. The van der Waals surface area contributed by atoms with Crippen molar-refractivity contribution in [3.8, 4) is 17.2 Å². The number of unbranched alkanes of at least 4 members (excludes halogenated alkanes) is 1. The molecule has 1 heterocycles. The number of benzene rings is 2. The standard InChI is InChI=1S/C22H21O6.Tl/c1-3-5-6-20(25)28-19-12-18-15(11-16(19)24)21(17(4-2)27-18)22(26)13-7-9-14(23)10-8-13;/h7-9,11-12,23-24H,3-6H2,1-2H3;. The van der Waals surface area contributed by atoms with Crippen molar-refractivity contribution in [2.24, 2.45) is 0 Å². The summed E-state index contributed by atoms with van der Waals surface area (Å²) in [6, 6.07) is 7.62. The summed E-state index contributed by atoms with van der Waals surface area (Å²) in [5.74, 6) is -0.202. The maximum atomic E-state index is 13.2. The molecule has 0 unspecified atom stereocenters. The Morgan fingerprint density at radius 2 is 1.86 bits per heavy atom. The molecule has 6 nitrogen and oxygen atoms in total. The number of ketones is 1. The number of fused-ring (bicyclic) bond motifs is 1. The van der Waals surface area contributed by atoms with Crippen LogP contribution in [0.1, 0.15) is 54.8 Å². The van der Waals surface area contributed by atoms with E-state index in [1.165, 1.54) is 18.2 Å². The van der Waals surface area contributed by atoms with Crippen LogP contribution in [0.2, 0.25) is 0 Å². The van der Waals surface area contributed by atoms with Crippen molar-refractivity contribution in [3.63, 3.8) is 0 Å². The predicted octanol–water partition coefficient (Wildman–Crippen LogP) is 3.53. The molecule has 0 bridgehead atoms. The summed E-state index contributed by atoms with van der Waals surface area (Å²) >= 11 is 0.383. The monoisotopic (exact) mass is 586 g/mol. The van der Waals surface area contributed by atoms with Gasteiger partial charge >= 0.3 is 165 Å². The minimum atomic E-state index is -0.426. The van der Waals surface area contributed by atoms with Crippen LogP contribution >= 0.6 is 0 Å². The van der Waals surface area contributed by atoms with Gasteiger partial charge in [-0.15, -0.1) is 0 Å². The summed E-state index contributed by atoms with van der Waals surface area (Å²) in [4.78, 5) is 25.1. The van der Waals surface area contributed by atoms with E-state index in [1.807, 2.05) is 13.8 Å². The Morgan fingerprint density at radius 1 is 1.10 bits per heavy atom. The number of carbonyl (C=O) groups excluding carboxylic acids is 2. The fourth-order valence-electron chi connectivity index (χ4n) is 3.08. The Bertz CT molecular complexity index is 1080. The number of hydrogen-bond acceptors (Lipinski definition) is 6. The third kappa shape index (κ3) is 4.47. The van der Waals surface area contributed by atoms with Gasteiger partial charge in [-0.3, -0.25) is 0 Å². The van der Waals surface area contributed by atoms with Gasteiger partial charge in [0.2, 0.25) is 0 Å². The van der Waals surface area contributed by atoms with Crippen molar-refractivity contribution < 1.29 is 29.0 Å². The summed E-state index contributed by atoms with van der Waals surface area (Å²) in [5.41, 5.74) is 1.19. The molecule has 2 aromatic carbocycles. The average molecular weight is 586 g/mol. The number of hydrogen-bond donors (Lipinski definition) is 2. The summed E-state index contributed by atoms with van der Waals surface area (Å²) in [7, 11) is 0. The van der Waals surface area contributed by atoms with Crippen LogP contribution in [-0.2, 0) is 11.2 Å². The third-order valence-corrected chi connectivity index (χ3v) is 6.44. The van der Waals surface area contributed by atoms with Gasteiger partial charge in [-0.05, 0) is 6.42 Å². The van der Waals surface area contributed by atoms with Gasteiger partial charge in [-0.2, -0.15) is 0 Å². The van der Waals surface area contributed by atoms with Gasteiger partial charge in [0.1, 0.15) is 0 Å². The van der Waals surface area contributed by atoms with E-state index >= 15 is 0 Å². The fourth-order valence-corrected chi connectivity index (χ4v) is 4.15. The number of rotatable bonds is 7. The zero-order valence-electron chi connectivity index (χ0n) is 16.3. The third-order valence-electron chi connectivity index (χ3n) is 4.64. The molecule has 0 saturated heterocycles. The molecule has 2 N–H and O–H groups in total. The van der Waals surface area contributed by atoms with E-state index in [9.17, 15) is 19.8 Å². The first-order chi connectivity index (χ1) is 13.8. The molecule has 0 spiro atoms. The Balaban J connectivity index is 2.04. The number of aromatic hydroxyl groups is 2. The van der Waals surface area contributed by atoms with Crippen LogP contribution in [0.25, 0.3) is 11.0 Å². The van der Waals surface area contributed by atoms with Gasteiger partial charge in [-0.25, -0.2) is 0 Å². The van der Waals surface area contributed by atoms with E-state index in [4.69, 9.17) is 9.15 Å². The minimum absolute atomic E-state index is 0.0154. The second-order valence-corrected chi connectivity index (χ2v) is 9.17. The maximum absolute atomic E-state index is 13.2. The molecular formula is C22H21O6Tl. The SMILES string of the molecule is CCCCC(=O)Oc1cc2oc(CC)c(C(=O)c3ccc(O)[c]([Tl])c3)c2cc1O. The van der Waals surface area contributed by atoms with Crippen LogP contribution in [-0.4, -0.2) is 47.7 Å². The zero-order valence-corrected chi connectivity index (χ0v) is 20.8. The van der Waals surface area contributed by atoms with E-state index in [0.717, 1.165) is 9.54 Å². The van der Waals surface area contributed by atoms with Crippen LogP contribution < -0.4 is 7.86 Å². The molecule has 0 fully saturated rings. The summed E-state index contributed by atoms with van der Waals surface area (Å²) < 4.78 is 11.9. The Kier molecular flexibility index (Phi) is 6.61. The van der Waals surface area contributed by atoms with Crippen LogP contribution in [0.4, 0.5) is 0 Å². The molecule has 0 aliphatic rings. The first-order valence-electron chi connectivity index (χ1n) is 9.47. The number of esters is 1. The van der Waals surface area contributed by atoms with Gasteiger partial charge in [0.05, 0.1) is 0 Å². The molecule has 0 aliphatic carbocycles. The number of aryl methyl sites for hydroxylation is 1. The fraction of sp³-hybridized carbons (Fsp3) is 0.273. The molecule has 0 aliphatic heterocycles. The molecule has 0 radical (unpaired) electrons. The normalized spacial score (nSPS) is 10.9. The molecule has 0 amide bonds. The second-order valence-electron chi connectivity index (χ2n) is 6.75. The molecule has 148 valence electrons. The Morgan fingerprint density at radius 3 is 2.52 bits per heavy atom. The van der Waals surface area contributed by atoms with Gasteiger partial charge < -0.3 is 0 Å². The number of furan rings is 1. The van der Waals surface area contributed by atoms with Gasteiger partial charge in [0.15, 0.2) is 0 Å². The van der Waals surface area contributed by atoms with E-state index in [-0.39, 0.29) is 29.5 Å². The quantitative estimate of drug-likeness (QED) is 0.191.